The number of anilines is 1. The van der Waals surface area contributed by atoms with E-state index in [0.717, 1.165) is 0 Å². The largest absolute Gasteiger partial charge is 0.396 e. The van der Waals surface area contributed by atoms with E-state index in [2.05, 4.69) is 15.7 Å². The van der Waals surface area contributed by atoms with E-state index in [-0.39, 0.29) is 24.8 Å². The van der Waals surface area contributed by atoms with Crippen LogP contribution in [-0.2, 0) is 16.6 Å². The summed E-state index contributed by atoms with van der Waals surface area (Å²) in [6.45, 7) is 1.16. The van der Waals surface area contributed by atoms with Crippen LogP contribution in [0.3, 0.4) is 0 Å². The minimum atomic E-state index is -0.345. The number of nitrogen functional groups attached to an aromatic ring is 1. The Morgan fingerprint density at radius 3 is 2.74 bits per heavy atom. The van der Waals surface area contributed by atoms with Crippen LogP contribution >= 0.6 is 0 Å². The van der Waals surface area contributed by atoms with Gasteiger partial charge in [-0.15, -0.1) is 0 Å². The topological polar surface area (TPSA) is 111 Å². The van der Waals surface area contributed by atoms with Crippen molar-refractivity contribution in [1.82, 2.24) is 20.4 Å². The van der Waals surface area contributed by atoms with Crippen LogP contribution in [0.4, 0.5) is 5.69 Å². The number of amides is 2. The number of rotatable bonds is 7. The number of nitrogens with zero attached hydrogens (tertiary/aromatic N) is 2. The Bertz CT molecular complexity index is 424. The Labute approximate surface area is 111 Å². The van der Waals surface area contributed by atoms with Gasteiger partial charge in [-0.2, -0.15) is 5.10 Å². The summed E-state index contributed by atoms with van der Waals surface area (Å²) in [7, 11) is 3.19. The van der Waals surface area contributed by atoms with Crippen LogP contribution in [0.25, 0.3) is 0 Å². The molecule has 2 amide bonds. The molecule has 0 bridgehead atoms. The molecule has 0 spiro atoms. The molecule has 19 heavy (non-hydrogen) atoms. The van der Waals surface area contributed by atoms with Crippen molar-refractivity contribution in [3.05, 3.63) is 11.9 Å². The molecule has 0 fully saturated rings. The molecule has 0 unspecified atom stereocenters. The fraction of sp³-hybridized carbons (Fsp3) is 0.545. The first-order valence-electron chi connectivity index (χ1n) is 5.87. The molecular formula is C11H19N5O3. The molecular weight excluding hydrogens is 250 g/mol. The van der Waals surface area contributed by atoms with Gasteiger partial charge >= 0.3 is 0 Å². The van der Waals surface area contributed by atoms with E-state index < -0.39 is 0 Å². The molecule has 0 aliphatic heterocycles. The van der Waals surface area contributed by atoms with Crippen molar-refractivity contribution >= 4 is 17.5 Å². The number of aryl methyl sites for hydroxylation is 1. The minimum absolute atomic E-state index is 0.143. The van der Waals surface area contributed by atoms with Gasteiger partial charge in [-0.25, -0.2) is 0 Å². The number of ether oxygens (including phenoxy) is 1. The van der Waals surface area contributed by atoms with Gasteiger partial charge < -0.3 is 21.1 Å². The number of carbonyl (C=O) groups is 2. The summed E-state index contributed by atoms with van der Waals surface area (Å²) in [5, 5.41) is 9.14. The molecule has 0 aromatic carbocycles. The van der Waals surface area contributed by atoms with Crippen LogP contribution in [0.15, 0.2) is 6.20 Å². The van der Waals surface area contributed by atoms with Gasteiger partial charge in [-0.05, 0) is 0 Å². The molecule has 106 valence electrons. The average molecular weight is 269 g/mol. The molecule has 1 aromatic rings. The summed E-state index contributed by atoms with van der Waals surface area (Å²) in [5.74, 6) is -0.488. The number of aromatic nitrogens is 2. The van der Waals surface area contributed by atoms with Crippen molar-refractivity contribution in [3.8, 4) is 0 Å². The monoisotopic (exact) mass is 269 g/mol. The molecule has 8 nitrogen and oxygen atoms in total. The van der Waals surface area contributed by atoms with Crippen LogP contribution in [-0.4, -0.2) is 48.4 Å². The molecule has 0 atom stereocenters. The third-order valence-corrected chi connectivity index (χ3v) is 2.45. The van der Waals surface area contributed by atoms with Gasteiger partial charge in [0.2, 0.25) is 5.91 Å². The second-order valence-corrected chi connectivity index (χ2v) is 3.92. The Morgan fingerprint density at radius 2 is 2.16 bits per heavy atom. The lowest BCUT2D eigenvalue weighted by atomic mass is 10.3. The highest BCUT2D eigenvalue weighted by Crippen LogP contribution is 2.08. The maximum atomic E-state index is 11.8. The van der Waals surface area contributed by atoms with Gasteiger partial charge in [0.15, 0.2) is 0 Å². The SMILES string of the molecule is COCCNC(=O)CCNC(=O)c1c(N)cnn1C. The van der Waals surface area contributed by atoms with E-state index in [1.165, 1.54) is 10.9 Å². The Morgan fingerprint density at radius 1 is 1.42 bits per heavy atom. The Hall–Kier alpha value is -2.09. The zero-order valence-corrected chi connectivity index (χ0v) is 11.1. The Kier molecular flexibility index (Phi) is 5.80. The molecule has 8 heteroatoms. The number of hydrogen-bond donors (Lipinski definition) is 3. The first-order valence-corrected chi connectivity index (χ1v) is 5.87. The molecule has 1 heterocycles. The lowest BCUT2D eigenvalue weighted by molar-refractivity contribution is -0.121. The van der Waals surface area contributed by atoms with Crippen molar-refractivity contribution in [2.45, 2.75) is 6.42 Å². The first kappa shape index (κ1) is 15.0. The average Bonchev–Trinajstić information content (AvgIpc) is 2.69. The van der Waals surface area contributed by atoms with Crippen molar-refractivity contribution < 1.29 is 14.3 Å². The van der Waals surface area contributed by atoms with Gasteiger partial charge in [-0.3, -0.25) is 14.3 Å². The van der Waals surface area contributed by atoms with Crippen LogP contribution in [0.5, 0.6) is 0 Å². The summed E-state index contributed by atoms with van der Waals surface area (Å²) in [6, 6.07) is 0. The van der Waals surface area contributed by atoms with E-state index in [0.29, 0.717) is 24.5 Å². The van der Waals surface area contributed by atoms with Crippen LogP contribution in [0, 0.1) is 0 Å². The highest BCUT2D eigenvalue weighted by molar-refractivity contribution is 5.97. The minimum Gasteiger partial charge on any atom is -0.396 e. The maximum Gasteiger partial charge on any atom is 0.271 e. The number of hydrogen-bond acceptors (Lipinski definition) is 5. The fourth-order valence-corrected chi connectivity index (χ4v) is 1.49. The summed E-state index contributed by atoms with van der Waals surface area (Å²) in [6.07, 6.45) is 1.61. The lowest BCUT2D eigenvalue weighted by Crippen LogP contribution is -2.33. The van der Waals surface area contributed by atoms with Crippen molar-refractivity contribution in [3.63, 3.8) is 0 Å². The van der Waals surface area contributed by atoms with E-state index in [9.17, 15) is 9.59 Å². The van der Waals surface area contributed by atoms with E-state index >= 15 is 0 Å². The number of methoxy groups -OCH3 is 1. The zero-order chi connectivity index (χ0) is 14.3. The zero-order valence-electron chi connectivity index (χ0n) is 11.1. The van der Waals surface area contributed by atoms with E-state index in [1.807, 2.05) is 0 Å². The van der Waals surface area contributed by atoms with Gasteiger partial charge in [0.05, 0.1) is 18.5 Å². The number of nitrogens with one attached hydrogen (secondary N) is 2. The van der Waals surface area contributed by atoms with Gasteiger partial charge in [0.1, 0.15) is 5.69 Å². The molecule has 4 N–H and O–H groups in total. The highest BCUT2D eigenvalue weighted by atomic mass is 16.5. The van der Waals surface area contributed by atoms with E-state index in [1.54, 1.807) is 14.2 Å². The fourth-order valence-electron chi connectivity index (χ4n) is 1.49. The van der Waals surface area contributed by atoms with Gasteiger partial charge in [0, 0.05) is 33.7 Å². The number of carbonyl (C=O) groups excluding carboxylic acids is 2. The van der Waals surface area contributed by atoms with Gasteiger partial charge in [-0.1, -0.05) is 0 Å². The molecule has 0 saturated heterocycles. The third-order valence-electron chi connectivity index (χ3n) is 2.45. The second-order valence-electron chi connectivity index (χ2n) is 3.92. The summed E-state index contributed by atoms with van der Waals surface area (Å²) in [4.78, 5) is 23.1. The smallest absolute Gasteiger partial charge is 0.271 e. The quantitative estimate of drug-likeness (QED) is 0.543. The molecule has 0 aliphatic rings. The van der Waals surface area contributed by atoms with Crippen molar-refractivity contribution in [2.75, 3.05) is 32.5 Å². The summed E-state index contributed by atoms with van der Waals surface area (Å²) >= 11 is 0. The summed E-state index contributed by atoms with van der Waals surface area (Å²) in [5.41, 5.74) is 6.22. The lowest BCUT2D eigenvalue weighted by Gasteiger charge is -2.07. The van der Waals surface area contributed by atoms with Crippen molar-refractivity contribution in [2.24, 2.45) is 7.05 Å². The first-order chi connectivity index (χ1) is 9.06. The van der Waals surface area contributed by atoms with Gasteiger partial charge in [0.25, 0.3) is 5.91 Å². The highest BCUT2D eigenvalue weighted by Gasteiger charge is 2.14. The van der Waals surface area contributed by atoms with Crippen molar-refractivity contribution in [1.29, 1.82) is 0 Å². The predicted octanol–water partition coefficient (Wildman–Crippen LogP) is -1.12. The molecule has 0 radical (unpaired) electrons. The second kappa shape index (κ2) is 7.37. The standard InChI is InChI=1S/C11H19N5O3/c1-16-10(8(12)7-15-16)11(18)14-4-3-9(17)13-5-6-19-2/h7H,3-6,12H2,1-2H3,(H,13,17)(H,14,18). The van der Waals surface area contributed by atoms with E-state index in [4.69, 9.17) is 10.5 Å². The molecule has 1 rings (SSSR count). The normalized spacial score (nSPS) is 10.2. The number of nitrogens with two attached hydrogens (primary N) is 1. The molecule has 0 saturated carbocycles. The predicted molar refractivity (Wildman–Crippen MR) is 69.5 cm³/mol. The maximum absolute atomic E-state index is 11.8. The van der Waals surface area contributed by atoms with Crippen LogP contribution < -0.4 is 16.4 Å². The van der Waals surface area contributed by atoms with Crippen LogP contribution in [0.1, 0.15) is 16.9 Å². The molecule has 1 aromatic heterocycles. The molecule has 0 aliphatic carbocycles. The summed E-state index contributed by atoms with van der Waals surface area (Å²) < 4.78 is 6.19. The third kappa shape index (κ3) is 4.59. The Balaban J connectivity index is 2.30. The van der Waals surface area contributed by atoms with Crippen LogP contribution in [0.2, 0.25) is 0 Å².